The minimum atomic E-state index is 0.843. The molecule has 1 heterocycles. The van der Waals surface area contributed by atoms with E-state index in [0.29, 0.717) is 0 Å². The molecule has 0 saturated carbocycles. The zero-order chi connectivity index (χ0) is 11.5. The van der Waals surface area contributed by atoms with E-state index >= 15 is 0 Å². The average molecular weight is 345 g/mol. The van der Waals surface area contributed by atoms with E-state index < -0.39 is 0 Å². The standard InChI is InChI=1S/C11H11Br2N3/c1-2-16-7-6-14-11(16)15-10-8(12)4-3-5-9(10)13/h3-7H,2H2,1H3,(H,14,15). The lowest BCUT2D eigenvalue weighted by molar-refractivity contribution is 0.771. The van der Waals surface area contributed by atoms with Crippen LogP contribution in [0.25, 0.3) is 0 Å². The maximum Gasteiger partial charge on any atom is 0.207 e. The normalized spacial score (nSPS) is 10.4. The van der Waals surface area contributed by atoms with Crippen molar-refractivity contribution < 1.29 is 0 Å². The molecule has 16 heavy (non-hydrogen) atoms. The lowest BCUT2D eigenvalue weighted by atomic mass is 10.3. The maximum absolute atomic E-state index is 4.27. The van der Waals surface area contributed by atoms with Gasteiger partial charge in [0.1, 0.15) is 0 Å². The van der Waals surface area contributed by atoms with Crippen LogP contribution in [0, 0.1) is 0 Å². The summed E-state index contributed by atoms with van der Waals surface area (Å²) in [5, 5.41) is 3.30. The third-order valence-corrected chi connectivity index (χ3v) is 3.58. The zero-order valence-corrected chi connectivity index (χ0v) is 11.9. The molecule has 0 radical (unpaired) electrons. The van der Waals surface area contributed by atoms with Crippen molar-refractivity contribution in [3.63, 3.8) is 0 Å². The van der Waals surface area contributed by atoms with Crippen LogP contribution in [0.5, 0.6) is 0 Å². The van der Waals surface area contributed by atoms with Gasteiger partial charge in [0.25, 0.3) is 0 Å². The van der Waals surface area contributed by atoms with Crippen LogP contribution >= 0.6 is 31.9 Å². The van der Waals surface area contributed by atoms with Crippen molar-refractivity contribution in [3.05, 3.63) is 39.5 Å². The van der Waals surface area contributed by atoms with Crippen LogP contribution in [0.4, 0.5) is 11.6 Å². The fraction of sp³-hybridized carbons (Fsp3) is 0.182. The second-order valence-electron chi connectivity index (χ2n) is 3.26. The van der Waals surface area contributed by atoms with Crippen molar-refractivity contribution in [2.45, 2.75) is 13.5 Å². The number of nitrogens with zero attached hydrogens (tertiary/aromatic N) is 2. The van der Waals surface area contributed by atoms with E-state index in [4.69, 9.17) is 0 Å². The highest BCUT2D eigenvalue weighted by molar-refractivity contribution is 9.11. The molecule has 84 valence electrons. The van der Waals surface area contributed by atoms with Crippen molar-refractivity contribution in [2.24, 2.45) is 0 Å². The molecule has 1 aromatic heterocycles. The van der Waals surface area contributed by atoms with E-state index in [2.05, 4.69) is 49.1 Å². The fourth-order valence-electron chi connectivity index (χ4n) is 1.42. The molecule has 0 atom stereocenters. The SMILES string of the molecule is CCn1ccnc1Nc1c(Br)cccc1Br. The number of anilines is 2. The topological polar surface area (TPSA) is 29.9 Å². The molecule has 3 nitrogen and oxygen atoms in total. The second-order valence-corrected chi connectivity index (χ2v) is 4.97. The van der Waals surface area contributed by atoms with Crippen LogP contribution in [0.1, 0.15) is 6.92 Å². The summed E-state index contributed by atoms with van der Waals surface area (Å²) in [6.07, 6.45) is 3.74. The van der Waals surface area contributed by atoms with Crippen molar-refractivity contribution in [2.75, 3.05) is 5.32 Å². The molecule has 2 rings (SSSR count). The molecule has 0 amide bonds. The molecule has 0 spiro atoms. The van der Waals surface area contributed by atoms with Gasteiger partial charge in [0.15, 0.2) is 0 Å². The smallest absolute Gasteiger partial charge is 0.207 e. The maximum atomic E-state index is 4.27. The number of para-hydroxylation sites is 1. The predicted molar refractivity (Wildman–Crippen MR) is 73.0 cm³/mol. The van der Waals surface area contributed by atoms with Gasteiger partial charge in [-0.2, -0.15) is 0 Å². The van der Waals surface area contributed by atoms with Gasteiger partial charge in [-0.05, 0) is 50.9 Å². The first kappa shape index (κ1) is 11.7. The Morgan fingerprint density at radius 2 is 2.00 bits per heavy atom. The summed E-state index contributed by atoms with van der Waals surface area (Å²) in [7, 11) is 0. The molecule has 1 aromatic carbocycles. The van der Waals surface area contributed by atoms with E-state index in [-0.39, 0.29) is 0 Å². The lowest BCUT2D eigenvalue weighted by Gasteiger charge is -2.11. The van der Waals surface area contributed by atoms with Gasteiger partial charge in [-0.25, -0.2) is 4.98 Å². The summed E-state index contributed by atoms with van der Waals surface area (Å²) < 4.78 is 4.06. The Bertz CT molecular complexity index is 473. The number of imidazole rings is 1. The number of benzene rings is 1. The summed E-state index contributed by atoms with van der Waals surface area (Å²) in [6, 6.07) is 5.96. The average Bonchev–Trinajstić information content (AvgIpc) is 2.71. The predicted octanol–water partition coefficient (Wildman–Crippen LogP) is 4.17. The molecule has 1 N–H and O–H groups in total. The van der Waals surface area contributed by atoms with Gasteiger partial charge < -0.3 is 9.88 Å². The molecule has 0 aliphatic carbocycles. The molecule has 0 unspecified atom stereocenters. The zero-order valence-electron chi connectivity index (χ0n) is 8.74. The first-order chi connectivity index (χ1) is 7.72. The monoisotopic (exact) mass is 343 g/mol. The summed E-state index contributed by atoms with van der Waals surface area (Å²) in [5.74, 6) is 0.843. The Morgan fingerprint density at radius 1 is 1.31 bits per heavy atom. The molecule has 0 bridgehead atoms. The number of aryl methyl sites for hydroxylation is 1. The summed E-state index contributed by atoms with van der Waals surface area (Å²) in [5.41, 5.74) is 0.989. The van der Waals surface area contributed by atoms with Crippen LogP contribution in [0.2, 0.25) is 0 Å². The van der Waals surface area contributed by atoms with Gasteiger partial charge in [0.05, 0.1) is 5.69 Å². The summed E-state index contributed by atoms with van der Waals surface area (Å²) in [6.45, 7) is 2.98. The highest BCUT2D eigenvalue weighted by Crippen LogP contribution is 2.32. The molecule has 0 aliphatic rings. The van der Waals surface area contributed by atoms with Crippen molar-refractivity contribution in [1.29, 1.82) is 0 Å². The number of rotatable bonds is 3. The first-order valence-corrected chi connectivity index (χ1v) is 6.53. The van der Waals surface area contributed by atoms with Crippen molar-refractivity contribution in [3.8, 4) is 0 Å². The highest BCUT2D eigenvalue weighted by Gasteiger charge is 2.07. The minimum Gasteiger partial charge on any atom is -0.324 e. The van der Waals surface area contributed by atoms with Crippen LogP contribution in [0.3, 0.4) is 0 Å². The van der Waals surface area contributed by atoms with Crippen LogP contribution in [-0.4, -0.2) is 9.55 Å². The van der Waals surface area contributed by atoms with Crippen molar-refractivity contribution >= 4 is 43.5 Å². The summed E-state index contributed by atoms with van der Waals surface area (Å²) in [4.78, 5) is 4.27. The third kappa shape index (κ3) is 2.30. The minimum absolute atomic E-state index is 0.843. The number of hydrogen-bond acceptors (Lipinski definition) is 2. The molecule has 0 saturated heterocycles. The van der Waals surface area contributed by atoms with Gasteiger partial charge in [-0.1, -0.05) is 6.07 Å². The Balaban J connectivity index is 2.34. The third-order valence-electron chi connectivity index (χ3n) is 2.26. The van der Waals surface area contributed by atoms with Gasteiger partial charge >= 0.3 is 0 Å². The Kier molecular flexibility index (Phi) is 3.66. The molecule has 0 aliphatic heterocycles. The fourth-order valence-corrected chi connectivity index (χ4v) is 2.61. The number of aromatic nitrogens is 2. The molecule has 5 heteroatoms. The Morgan fingerprint density at radius 3 is 2.62 bits per heavy atom. The van der Waals surface area contributed by atoms with E-state index in [9.17, 15) is 0 Å². The highest BCUT2D eigenvalue weighted by atomic mass is 79.9. The Labute approximate surface area is 111 Å². The van der Waals surface area contributed by atoms with E-state index in [1.807, 2.05) is 29.0 Å². The van der Waals surface area contributed by atoms with E-state index in [1.54, 1.807) is 6.20 Å². The molecular weight excluding hydrogens is 334 g/mol. The van der Waals surface area contributed by atoms with Gasteiger partial charge in [0, 0.05) is 27.9 Å². The van der Waals surface area contributed by atoms with Crippen LogP contribution in [0.15, 0.2) is 39.5 Å². The quantitative estimate of drug-likeness (QED) is 0.905. The number of halogens is 2. The first-order valence-electron chi connectivity index (χ1n) is 4.94. The van der Waals surface area contributed by atoms with Gasteiger partial charge in [-0.15, -0.1) is 0 Å². The molecule has 2 aromatic rings. The van der Waals surface area contributed by atoms with E-state index in [0.717, 1.165) is 27.1 Å². The lowest BCUT2D eigenvalue weighted by Crippen LogP contribution is -2.02. The van der Waals surface area contributed by atoms with Gasteiger partial charge in [-0.3, -0.25) is 0 Å². The van der Waals surface area contributed by atoms with Crippen LogP contribution in [-0.2, 0) is 6.54 Å². The number of nitrogens with one attached hydrogen (secondary N) is 1. The van der Waals surface area contributed by atoms with Crippen LogP contribution < -0.4 is 5.32 Å². The van der Waals surface area contributed by atoms with Gasteiger partial charge in [0.2, 0.25) is 5.95 Å². The summed E-state index contributed by atoms with van der Waals surface area (Å²) >= 11 is 7.02. The molecular formula is C11H11Br2N3. The Hall–Kier alpha value is -0.810. The largest absolute Gasteiger partial charge is 0.324 e. The second kappa shape index (κ2) is 5.01. The number of hydrogen-bond donors (Lipinski definition) is 1. The van der Waals surface area contributed by atoms with E-state index in [1.165, 1.54) is 0 Å². The molecule has 0 fully saturated rings. The van der Waals surface area contributed by atoms with Crippen molar-refractivity contribution in [1.82, 2.24) is 9.55 Å².